The van der Waals surface area contributed by atoms with Crippen molar-refractivity contribution in [3.8, 4) is 0 Å². The monoisotopic (exact) mass is 184 g/mol. The molecule has 0 aromatic rings. The molecule has 2 fully saturated rings. The van der Waals surface area contributed by atoms with Crippen molar-refractivity contribution in [1.29, 1.82) is 0 Å². The van der Waals surface area contributed by atoms with Crippen LogP contribution in [0.2, 0.25) is 0 Å². The smallest absolute Gasteiger partial charge is 0.221 e. The van der Waals surface area contributed by atoms with E-state index in [9.17, 15) is 4.79 Å². The van der Waals surface area contributed by atoms with Crippen LogP contribution in [-0.4, -0.2) is 43.2 Å². The number of primary amides is 1. The minimum atomic E-state index is -0.151. The van der Waals surface area contributed by atoms with Crippen LogP contribution in [0.4, 0.5) is 0 Å². The first-order valence-electron chi connectivity index (χ1n) is 4.89. The summed E-state index contributed by atoms with van der Waals surface area (Å²) in [6, 6.07) is 0. The van der Waals surface area contributed by atoms with E-state index >= 15 is 0 Å². The zero-order valence-electron chi connectivity index (χ0n) is 7.74. The van der Waals surface area contributed by atoms with Crippen molar-refractivity contribution in [2.24, 2.45) is 11.7 Å². The topological polar surface area (TPSA) is 58.9 Å². The van der Waals surface area contributed by atoms with Gasteiger partial charge in [0.1, 0.15) is 0 Å². The predicted octanol–water partition coefficient (Wildman–Crippen LogP) is -0.418. The van der Waals surface area contributed by atoms with Crippen molar-refractivity contribution in [3.05, 3.63) is 0 Å². The average molecular weight is 184 g/mol. The van der Waals surface area contributed by atoms with Crippen LogP contribution in [-0.2, 0) is 9.53 Å². The van der Waals surface area contributed by atoms with Gasteiger partial charge >= 0.3 is 0 Å². The van der Waals surface area contributed by atoms with Gasteiger partial charge in [0, 0.05) is 13.1 Å². The molecule has 0 radical (unpaired) electrons. The minimum Gasteiger partial charge on any atom is -0.372 e. The van der Waals surface area contributed by atoms with E-state index in [-0.39, 0.29) is 11.8 Å². The molecule has 4 heteroatoms. The predicted molar refractivity (Wildman–Crippen MR) is 48.1 cm³/mol. The highest BCUT2D eigenvalue weighted by molar-refractivity contribution is 5.76. The third-order valence-corrected chi connectivity index (χ3v) is 2.77. The van der Waals surface area contributed by atoms with Gasteiger partial charge < -0.3 is 10.5 Å². The lowest BCUT2D eigenvalue weighted by atomic mass is 9.97. The van der Waals surface area contributed by atoms with Crippen LogP contribution in [0.3, 0.4) is 0 Å². The molecule has 0 spiro atoms. The molecule has 0 bridgehead atoms. The number of likely N-dealkylation sites (tertiary alicyclic amines) is 1. The minimum absolute atomic E-state index is 0.0625. The van der Waals surface area contributed by atoms with Crippen LogP contribution in [0.5, 0.6) is 0 Å². The summed E-state index contributed by atoms with van der Waals surface area (Å²) in [4.78, 5) is 13.3. The van der Waals surface area contributed by atoms with Gasteiger partial charge in [0.15, 0.2) is 0 Å². The van der Waals surface area contributed by atoms with Crippen LogP contribution in [0.25, 0.3) is 0 Å². The number of hydrogen-bond acceptors (Lipinski definition) is 3. The van der Waals surface area contributed by atoms with Gasteiger partial charge in [0.25, 0.3) is 0 Å². The van der Waals surface area contributed by atoms with E-state index in [1.54, 1.807) is 0 Å². The van der Waals surface area contributed by atoms with Gasteiger partial charge in [0.05, 0.1) is 18.6 Å². The standard InChI is InChI=1S/C9H16N2O2/c10-9(12)7-2-1-3-11(4-7)5-8-6-13-8/h7-8H,1-6H2,(H2,10,12). The number of hydrogen-bond donors (Lipinski definition) is 1. The Balaban J connectivity index is 1.80. The molecule has 2 saturated heterocycles. The van der Waals surface area contributed by atoms with Gasteiger partial charge in [-0.3, -0.25) is 9.69 Å². The Bertz CT molecular complexity index is 204. The molecule has 1 amide bonds. The summed E-state index contributed by atoms with van der Waals surface area (Å²) in [6.45, 7) is 3.78. The highest BCUT2D eigenvalue weighted by atomic mass is 16.6. The van der Waals surface area contributed by atoms with E-state index in [0.717, 1.165) is 39.1 Å². The van der Waals surface area contributed by atoms with Crippen molar-refractivity contribution in [3.63, 3.8) is 0 Å². The number of rotatable bonds is 3. The number of carbonyl (C=O) groups excluding carboxylic acids is 1. The summed E-state index contributed by atoms with van der Waals surface area (Å²) in [6.07, 6.45) is 2.46. The largest absolute Gasteiger partial charge is 0.372 e. The van der Waals surface area contributed by atoms with Gasteiger partial charge in [-0.05, 0) is 19.4 Å². The highest BCUT2D eigenvalue weighted by Crippen LogP contribution is 2.19. The van der Waals surface area contributed by atoms with Gasteiger partial charge in [-0.1, -0.05) is 0 Å². The number of ether oxygens (including phenoxy) is 1. The average Bonchev–Trinajstić information content (AvgIpc) is 2.89. The summed E-state index contributed by atoms with van der Waals surface area (Å²) in [7, 11) is 0. The second kappa shape index (κ2) is 3.64. The molecule has 0 aromatic carbocycles. The van der Waals surface area contributed by atoms with Crippen LogP contribution in [0.1, 0.15) is 12.8 Å². The summed E-state index contributed by atoms with van der Waals surface area (Å²) >= 11 is 0. The normalized spacial score (nSPS) is 34.5. The second-order valence-corrected chi connectivity index (χ2v) is 3.96. The SMILES string of the molecule is NC(=O)C1CCCN(CC2CO2)C1. The first-order chi connectivity index (χ1) is 6.25. The molecule has 2 unspecified atom stereocenters. The molecule has 0 aromatic heterocycles. The molecule has 2 atom stereocenters. The number of piperidine rings is 1. The van der Waals surface area contributed by atoms with Crippen LogP contribution >= 0.6 is 0 Å². The molecule has 2 rings (SSSR count). The Morgan fingerprint density at radius 1 is 1.62 bits per heavy atom. The molecule has 2 N–H and O–H groups in total. The molecule has 2 heterocycles. The molecule has 2 aliphatic rings. The van der Waals surface area contributed by atoms with Crippen molar-refractivity contribution >= 4 is 5.91 Å². The van der Waals surface area contributed by atoms with Crippen LogP contribution in [0, 0.1) is 5.92 Å². The molecular weight excluding hydrogens is 168 g/mol. The summed E-state index contributed by atoms with van der Waals surface area (Å²) in [5, 5.41) is 0. The van der Waals surface area contributed by atoms with E-state index in [1.165, 1.54) is 0 Å². The first kappa shape index (κ1) is 8.97. The lowest BCUT2D eigenvalue weighted by molar-refractivity contribution is -0.123. The fraction of sp³-hybridized carbons (Fsp3) is 0.889. The first-order valence-corrected chi connectivity index (χ1v) is 4.89. The van der Waals surface area contributed by atoms with Crippen molar-refractivity contribution in [1.82, 2.24) is 4.90 Å². The molecule has 0 aliphatic carbocycles. The van der Waals surface area contributed by atoms with Gasteiger partial charge in [-0.25, -0.2) is 0 Å². The third kappa shape index (κ3) is 2.42. The number of carbonyl (C=O) groups is 1. The van der Waals surface area contributed by atoms with Gasteiger partial charge in [-0.2, -0.15) is 0 Å². The van der Waals surface area contributed by atoms with Gasteiger partial charge in [0.2, 0.25) is 5.91 Å². The summed E-state index contributed by atoms with van der Waals surface area (Å²) < 4.78 is 5.15. The molecule has 2 aliphatic heterocycles. The summed E-state index contributed by atoms with van der Waals surface area (Å²) in [5.74, 6) is -0.0890. The number of nitrogens with zero attached hydrogens (tertiary/aromatic N) is 1. The van der Waals surface area contributed by atoms with Gasteiger partial charge in [-0.15, -0.1) is 0 Å². The number of epoxide rings is 1. The van der Waals surface area contributed by atoms with E-state index < -0.39 is 0 Å². The van der Waals surface area contributed by atoms with Crippen molar-refractivity contribution in [2.75, 3.05) is 26.2 Å². The maximum atomic E-state index is 11.0. The van der Waals surface area contributed by atoms with Crippen LogP contribution < -0.4 is 5.73 Å². The van der Waals surface area contributed by atoms with Crippen LogP contribution in [0.15, 0.2) is 0 Å². The lowest BCUT2D eigenvalue weighted by Crippen LogP contribution is -2.42. The lowest BCUT2D eigenvalue weighted by Gasteiger charge is -2.30. The molecule has 0 saturated carbocycles. The number of amides is 1. The quantitative estimate of drug-likeness (QED) is 0.606. The fourth-order valence-electron chi connectivity index (χ4n) is 1.92. The maximum Gasteiger partial charge on any atom is 0.221 e. The highest BCUT2D eigenvalue weighted by Gasteiger charge is 2.29. The second-order valence-electron chi connectivity index (χ2n) is 3.96. The zero-order valence-corrected chi connectivity index (χ0v) is 7.74. The Morgan fingerprint density at radius 3 is 3.00 bits per heavy atom. The van der Waals surface area contributed by atoms with E-state index in [0.29, 0.717) is 6.10 Å². The number of nitrogens with two attached hydrogens (primary N) is 1. The van der Waals surface area contributed by atoms with Crippen molar-refractivity contribution < 1.29 is 9.53 Å². The molecule has 74 valence electrons. The Hall–Kier alpha value is -0.610. The Kier molecular flexibility index (Phi) is 2.51. The van der Waals surface area contributed by atoms with E-state index in [4.69, 9.17) is 10.5 Å². The Morgan fingerprint density at radius 2 is 2.38 bits per heavy atom. The fourth-order valence-corrected chi connectivity index (χ4v) is 1.92. The van der Waals surface area contributed by atoms with E-state index in [2.05, 4.69) is 4.90 Å². The maximum absolute atomic E-state index is 11.0. The molecule has 4 nitrogen and oxygen atoms in total. The Labute approximate surface area is 78.0 Å². The van der Waals surface area contributed by atoms with E-state index in [1.807, 2.05) is 0 Å². The van der Waals surface area contributed by atoms with Crippen molar-refractivity contribution in [2.45, 2.75) is 18.9 Å². The molecule has 13 heavy (non-hydrogen) atoms. The summed E-state index contributed by atoms with van der Waals surface area (Å²) in [5.41, 5.74) is 5.28. The zero-order chi connectivity index (χ0) is 9.26. The third-order valence-electron chi connectivity index (χ3n) is 2.77. The molecular formula is C9H16N2O2.